The van der Waals surface area contributed by atoms with Gasteiger partial charge in [-0.05, 0) is 79.6 Å². The van der Waals surface area contributed by atoms with E-state index < -0.39 is 0 Å². The molecule has 30 heavy (non-hydrogen) atoms. The Morgan fingerprint density at radius 3 is 2.60 bits per heavy atom. The Balaban J connectivity index is 1.78. The summed E-state index contributed by atoms with van der Waals surface area (Å²) >= 11 is 12.6. The summed E-state index contributed by atoms with van der Waals surface area (Å²) in [5.41, 5.74) is 7.78. The lowest BCUT2D eigenvalue weighted by Gasteiger charge is -2.24. The minimum Gasteiger partial charge on any atom is -0.392 e. The van der Waals surface area contributed by atoms with Crippen LogP contribution in [-0.2, 0) is 6.61 Å². The van der Waals surface area contributed by atoms with E-state index in [1.807, 2.05) is 31.2 Å². The van der Waals surface area contributed by atoms with E-state index in [1.54, 1.807) is 18.3 Å². The number of aryl methyl sites for hydroxylation is 1. The summed E-state index contributed by atoms with van der Waals surface area (Å²) in [7, 11) is 0. The van der Waals surface area contributed by atoms with Crippen molar-refractivity contribution in [3.8, 4) is 11.3 Å². The molecule has 0 spiro atoms. The lowest BCUT2D eigenvalue weighted by molar-refractivity contribution is 0.281. The first-order valence-electron chi connectivity index (χ1n) is 9.95. The van der Waals surface area contributed by atoms with Gasteiger partial charge in [-0.1, -0.05) is 35.3 Å². The Morgan fingerprint density at radius 1 is 1.10 bits per heavy atom. The van der Waals surface area contributed by atoms with Crippen molar-refractivity contribution >= 4 is 34.6 Å². The van der Waals surface area contributed by atoms with Crippen LogP contribution in [0.4, 0.5) is 5.69 Å². The SMILES string of the molecule is Cc1ccc(CO)c(C)c1NC(=C1CCC1)c1nccc(-c2cc(Cl)ccc2Cl)n1. The van der Waals surface area contributed by atoms with E-state index in [1.165, 1.54) is 5.57 Å². The second-order valence-electron chi connectivity index (χ2n) is 7.55. The zero-order valence-corrected chi connectivity index (χ0v) is 18.5. The highest BCUT2D eigenvalue weighted by Crippen LogP contribution is 2.36. The summed E-state index contributed by atoms with van der Waals surface area (Å²) in [5.74, 6) is 0.631. The fraction of sp³-hybridized carbons (Fsp3) is 0.250. The van der Waals surface area contributed by atoms with Crippen molar-refractivity contribution in [2.75, 3.05) is 5.32 Å². The van der Waals surface area contributed by atoms with Crippen molar-refractivity contribution in [2.45, 2.75) is 39.7 Å². The number of hydrogen-bond donors (Lipinski definition) is 2. The zero-order valence-electron chi connectivity index (χ0n) is 17.0. The number of allylic oxidation sites excluding steroid dienone is 1. The zero-order chi connectivity index (χ0) is 21.3. The van der Waals surface area contributed by atoms with Crippen LogP contribution in [0.2, 0.25) is 10.0 Å². The highest BCUT2D eigenvalue weighted by atomic mass is 35.5. The van der Waals surface area contributed by atoms with Crippen LogP contribution in [0.25, 0.3) is 17.0 Å². The van der Waals surface area contributed by atoms with Crippen molar-refractivity contribution in [3.05, 3.63) is 80.7 Å². The first kappa shape index (κ1) is 20.9. The number of hydrogen-bond acceptors (Lipinski definition) is 4. The van der Waals surface area contributed by atoms with Gasteiger partial charge in [0, 0.05) is 22.5 Å². The van der Waals surface area contributed by atoms with Crippen LogP contribution in [0, 0.1) is 13.8 Å². The lowest BCUT2D eigenvalue weighted by atomic mass is 9.89. The Morgan fingerprint density at radius 2 is 1.90 bits per heavy atom. The molecule has 1 aromatic heterocycles. The molecule has 154 valence electrons. The van der Waals surface area contributed by atoms with Crippen LogP contribution in [0.15, 0.2) is 48.2 Å². The van der Waals surface area contributed by atoms with Gasteiger partial charge in [0.2, 0.25) is 0 Å². The predicted molar refractivity (Wildman–Crippen MR) is 124 cm³/mol. The third-order valence-corrected chi connectivity index (χ3v) is 6.16. The maximum absolute atomic E-state index is 9.67. The fourth-order valence-electron chi connectivity index (χ4n) is 3.61. The first-order valence-corrected chi connectivity index (χ1v) is 10.7. The van der Waals surface area contributed by atoms with Gasteiger partial charge in [-0.25, -0.2) is 9.97 Å². The number of halogens is 2. The van der Waals surface area contributed by atoms with E-state index >= 15 is 0 Å². The van der Waals surface area contributed by atoms with E-state index in [9.17, 15) is 5.11 Å². The lowest BCUT2D eigenvalue weighted by Crippen LogP contribution is -2.13. The van der Waals surface area contributed by atoms with Crippen molar-refractivity contribution in [1.29, 1.82) is 0 Å². The van der Waals surface area contributed by atoms with E-state index in [0.29, 0.717) is 15.9 Å². The molecule has 1 aliphatic rings. The first-order chi connectivity index (χ1) is 14.5. The van der Waals surface area contributed by atoms with Crippen molar-refractivity contribution in [3.63, 3.8) is 0 Å². The normalized spacial score (nSPS) is 13.2. The monoisotopic (exact) mass is 439 g/mol. The van der Waals surface area contributed by atoms with Gasteiger partial charge in [-0.2, -0.15) is 0 Å². The molecule has 0 radical (unpaired) electrons. The minimum absolute atomic E-state index is 0.00590. The highest BCUT2D eigenvalue weighted by Gasteiger charge is 2.21. The molecule has 0 saturated heterocycles. The number of aromatic nitrogens is 2. The number of benzene rings is 2. The minimum atomic E-state index is 0.00590. The number of rotatable bonds is 5. The van der Waals surface area contributed by atoms with Gasteiger partial charge in [0.05, 0.1) is 23.0 Å². The Labute approximate surface area is 186 Å². The van der Waals surface area contributed by atoms with Crippen molar-refractivity contribution in [2.24, 2.45) is 0 Å². The Kier molecular flexibility index (Phi) is 6.09. The molecule has 1 aliphatic carbocycles. The van der Waals surface area contributed by atoms with Gasteiger partial charge in [0.25, 0.3) is 0 Å². The Hall–Kier alpha value is -2.40. The molecule has 0 aliphatic heterocycles. The Bertz CT molecular complexity index is 1140. The molecule has 2 N–H and O–H groups in total. The van der Waals surface area contributed by atoms with Crippen LogP contribution in [0.1, 0.15) is 41.8 Å². The molecular formula is C24H23Cl2N3O. The largest absolute Gasteiger partial charge is 0.392 e. The molecule has 4 rings (SSSR count). The van der Waals surface area contributed by atoms with Crippen LogP contribution in [-0.4, -0.2) is 15.1 Å². The van der Waals surface area contributed by atoms with Gasteiger partial charge < -0.3 is 10.4 Å². The van der Waals surface area contributed by atoms with Crippen LogP contribution in [0.5, 0.6) is 0 Å². The van der Waals surface area contributed by atoms with E-state index in [4.69, 9.17) is 28.2 Å². The summed E-state index contributed by atoms with van der Waals surface area (Å²) < 4.78 is 0. The van der Waals surface area contributed by atoms with Crippen LogP contribution in [0.3, 0.4) is 0 Å². The molecule has 1 fully saturated rings. The van der Waals surface area contributed by atoms with Crippen LogP contribution < -0.4 is 5.32 Å². The number of nitrogens with zero attached hydrogens (tertiary/aromatic N) is 2. The van der Waals surface area contributed by atoms with Gasteiger partial charge >= 0.3 is 0 Å². The van der Waals surface area contributed by atoms with E-state index in [0.717, 1.165) is 58.6 Å². The average molecular weight is 440 g/mol. The molecule has 3 aromatic rings. The summed E-state index contributed by atoms with van der Waals surface area (Å²) in [5, 5.41) is 14.5. The summed E-state index contributed by atoms with van der Waals surface area (Å²) in [4.78, 5) is 9.38. The third-order valence-electron chi connectivity index (χ3n) is 5.60. The second kappa shape index (κ2) is 8.76. The highest BCUT2D eigenvalue weighted by molar-refractivity contribution is 6.35. The van der Waals surface area contributed by atoms with Crippen molar-refractivity contribution in [1.82, 2.24) is 9.97 Å². The molecular weight excluding hydrogens is 417 g/mol. The molecule has 1 heterocycles. The maximum atomic E-state index is 9.67. The van der Waals surface area contributed by atoms with Gasteiger partial charge in [0.15, 0.2) is 5.82 Å². The topological polar surface area (TPSA) is 58.0 Å². The molecule has 0 unspecified atom stereocenters. The summed E-state index contributed by atoms with van der Waals surface area (Å²) in [6.07, 6.45) is 4.95. The smallest absolute Gasteiger partial charge is 0.176 e. The number of aliphatic hydroxyl groups is 1. The van der Waals surface area contributed by atoms with Crippen molar-refractivity contribution < 1.29 is 5.11 Å². The molecule has 2 aromatic carbocycles. The number of aliphatic hydroxyl groups excluding tert-OH is 1. The third kappa shape index (κ3) is 4.08. The standard InChI is InChI=1S/C24H23Cl2N3O/c1-14-6-7-17(13-30)15(2)22(14)29-23(16-4-3-5-16)24-27-11-10-21(28-24)19-12-18(25)8-9-20(19)26/h6-12,29-30H,3-5,13H2,1-2H3. The molecule has 0 atom stereocenters. The molecule has 0 amide bonds. The molecule has 0 bridgehead atoms. The van der Waals surface area contributed by atoms with Gasteiger partial charge in [0.1, 0.15) is 0 Å². The molecule has 4 nitrogen and oxygen atoms in total. The fourth-order valence-corrected chi connectivity index (χ4v) is 3.99. The summed E-state index contributed by atoms with van der Waals surface area (Å²) in [6, 6.07) is 11.2. The molecule has 6 heteroatoms. The van der Waals surface area contributed by atoms with E-state index in [2.05, 4.69) is 17.2 Å². The predicted octanol–water partition coefficient (Wildman–Crippen LogP) is 6.57. The quantitative estimate of drug-likeness (QED) is 0.471. The maximum Gasteiger partial charge on any atom is 0.176 e. The number of nitrogens with one attached hydrogen (secondary N) is 1. The second-order valence-corrected chi connectivity index (χ2v) is 8.39. The molecule has 1 saturated carbocycles. The number of anilines is 1. The average Bonchev–Trinajstić information content (AvgIpc) is 2.71. The van der Waals surface area contributed by atoms with Gasteiger partial charge in [-0.3, -0.25) is 0 Å². The summed E-state index contributed by atoms with van der Waals surface area (Å²) in [6.45, 7) is 4.08. The van der Waals surface area contributed by atoms with Crippen LogP contribution >= 0.6 is 23.2 Å². The van der Waals surface area contributed by atoms with Gasteiger partial charge in [-0.15, -0.1) is 0 Å². The van der Waals surface area contributed by atoms with E-state index in [-0.39, 0.29) is 6.61 Å².